The number of hydrogen-bond donors (Lipinski definition) is 0. The average molecular weight is 562 g/mol. The Bertz CT molecular complexity index is 2260. The van der Waals surface area contributed by atoms with Crippen LogP contribution >= 0.6 is 0 Å². The Balaban J connectivity index is 1.33. The number of benzene rings is 7. The van der Waals surface area contributed by atoms with Crippen LogP contribution in [0.25, 0.3) is 78.0 Å². The van der Waals surface area contributed by atoms with Crippen molar-refractivity contribution in [1.29, 1.82) is 0 Å². The quantitative estimate of drug-likeness (QED) is 0.196. The first-order chi connectivity index (χ1) is 21.8. The van der Waals surface area contributed by atoms with Crippen molar-refractivity contribution in [2.75, 3.05) is 0 Å². The Morgan fingerprint density at radius 1 is 0.273 bits per heavy atom. The summed E-state index contributed by atoms with van der Waals surface area (Å²) in [6.07, 6.45) is 0. The zero-order valence-electron chi connectivity index (χ0n) is 23.9. The normalized spacial score (nSPS) is 11.2. The van der Waals surface area contributed by atoms with Crippen LogP contribution in [0, 0.1) is 0 Å². The van der Waals surface area contributed by atoms with Crippen LogP contribution in [0.4, 0.5) is 0 Å². The molecule has 1 heterocycles. The molecule has 0 saturated heterocycles. The van der Waals surface area contributed by atoms with Gasteiger partial charge in [0.1, 0.15) is 0 Å². The van der Waals surface area contributed by atoms with Gasteiger partial charge in [-0.05, 0) is 55.9 Å². The van der Waals surface area contributed by atoms with Crippen LogP contribution in [0.15, 0.2) is 164 Å². The molecule has 0 atom stereocenters. The summed E-state index contributed by atoms with van der Waals surface area (Å²) in [6, 6.07) is 56.9. The molecule has 3 nitrogen and oxygen atoms in total. The number of aromatic nitrogens is 3. The molecule has 0 saturated carbocycles. The summed E-state index contributed by atoms with van der Waals surface area (Å²) < 4.78 is 0. The van der Waals surface area contributed by atoms with Crippen LogP contribution in [0.3, 0.4) is 0 Å². The van der Waals surface area contributed by atoms with Gasteiger partial charge < -0.3 is 0 Å². The fourth-order valence-corrected chi connectivity index (χ4v) is 5.90. The van der Waals surface area contributed by atoms with E-state index < -0.39 is 0 Å². The maximum absolute atomic E-state index is 5.13. The topological polar surface area (TPSA) is 38.7 Å². The lowest BCUT2D eigenvalue weighted by Gasteiger charge is -2.13. The van der Waals surface area contributed by atoms with Crippen LogP contribution in [-0.4, -0.2) is 15.0 Å². The maximum Gasteiger partial charge on any atom is 0.164 e. The zero-order valence-corrected chi connectivity index (χ0v) is 23.9. The molecule has 0 aliphatic heterocycles. The van der Waals surface area contributed by atoms with Crippen molar-refractivity contribution >= 4 is 21.5 Å². The predicted octanol–water partition coefficient (Wildman–Crippen LogP) is 10.5. The number of rotatable bonds is 5. The molecule has 0 aliphatic rings. The van der Waals surface area contributed by atoms with E-state index in [2.05, 4.69) is 152 Å². The molecule has 0 fully saturated rings. The lowest BCUT2D eigenvalue weighted by molar-refractivity contribution is 1.08. The minimum absolute atomic E-state index is 0.645. The summed E-state index contributed by atoms with van der Waals surface area (Å²) in [6.45, 7) is 0. The highest BCUT2D eigenvalue weighted by molar-refractivity contribution is 6.13. The Morgan fingerprint density at radius 3 is 1.48 bits per heavy atom. The first-order valence-corrected chi connectivity index (χ1v) is 14.8. The third kappa shape index (κ3) is 4.81. The van der Waals surface area contributed by atoms with Crippen molar-refractivity contribution in [3.05, 3.63) is 164 Å². The van der Waals surface area contributed by atoms with Gasteiger partial charge in [0, 0.05) is 16.7 Å². The van der Waals surface area contributed by atoms with E-state index in [-0.39, 0.29) is 0 Å². The molecule has 0 N–H and O–H groups in total. The fourth-order valence-electron chi connectivity index (χ4n) is 5.90. The first-order valence-electron chi connectivity index (χ1n) is 14.8. The summed E-state index contributed by atoms with van der Waals surface area (Å²) in [4.78, 5) is 15.3. The molecule has 3 heteroatoms. The van der Waals surface area contributed by atoms with Crippen LogP contribution < -0.4 is 0 Å². The molecule has 0 unspecified atom stereocenters. The maximum atomic E-state index is 5.13. The van der Waals surface area contributed by atoms with E-state index >= 15 is 0 Å². The smallest absolute Gasteiger partial charge is 0.164 e. The molecule has 0 aliphatic carbocycles. The lowest BCUT2D eigenvalue weighted by Crippen LogP contribution is -2.01. The molecule has 206 valence electrons. The van der Waals surface area contributed by atoms with Gasteiger partial charge in [-0.1, -0.05) is 152 Å². The lowest BCUT2D eigenvalue weighted by atomic mass is 9.96. The summed E-state index contributed by atoms with van der Waals surface area (Å²) in [5, 5.41) is 4.67. The van der Waals surface area contributed by atoms with E-state index in [1.807, 2.05) is 12.1 Å². The van der Waals surface area contributed by atoms with Gasteiger partial charge in [-0.25, -0.2) is 15.0 Å². The van der Waals surface area contributed by atoms with Crippen LogP contribution in [0.2, 0.25) is 0 Å². The SMILES string of the molecule is c1ccc(-c2ccc(-c3nc(-c4cccc(-c5ccccc5)c4)nc(-c4cc5ccccc5c5ccccc45)n3)cc2)cc1. The van der Waals surface area contributed by atoms with E-state index in [4.69, 9.17) is 15.0 Å². The van der Waals surface area contributed by atoms with Crippen molar-refractivity contribution in [3.8, 4) is 56.4 Å². The third-order valence-corrected chi connectivity index (χ3v) is 8.12. The van der Waals surface area contributed by atoms with Gasteiger partial charge in [0.15, 0.2) is 17.5 Å². The fraction of sp³-hybridized carbons (Fsp3) is 0. The van der Waals surface area contributed by atoms with E-state index in [9.17, 15) is 0 Å². The van der Waals surface area contributed by atoms with E-state index in [0.29, 0.717) is 17.5 Å². The molecule has 44 heavy (non-hydrogen) atoms. The second-order valence-electron chi connectivity index (χ2n) is 10.9. The van der Waals surface area contributed by atoms with Gasteiger partial charge in [-0.3, -0.25) is 0 Å². The molecule has 0 bridgehead atoms. The molecule has 0 amide bonds. The van der Waals surface area contributed by atoms with Crippen LogP contribution in [-0.2, 0) is 0 Å². The molecular weight excluding hydrogens is 534 g/mol. The highest BCUT2D eigenvalue weighted by Crippen LogP contribution is 2.35. The summed E-state index contributed by atoms with van der Waals surface area (Å²) in [5.74, 6) is 1.95. The van der Waals surface area contributed by atoms with Gasteiger partial charge >= 0.3 is 0 Å². The Hall–Kier alpha value is -5.93. The molecule has 0 spiro atoms. The zero-order chi connectivity index (χ0) is 29.3. The van der Waals surface area contributed by atoms with Crippen molar-refractivity contribution in [3.63, 3.8) is 0 Å². The van der Waals surface area contributed by atoms with Gasteiger partial charge in [0.2, 0.25) is 0 Å². The number of nitrogens with zero attached hydrogens (tertiary/aromatic N) is 3. The highest BCUT2D eigenvalue weighted by Gasteiger charge is 2.16. The van der Waals surface area contributed by atoms with E-state index in [0.717, 1.165) is 44.2 Å². The first kappa shape index (κ1) is 25.8. The second kappa shape index (κ2) is 11.0. The van der Waals surface area contributed by atoms with Gasteiger partial charge in [-0.15, -0.1) is 0 Å². The Morgan fingerprint density at radius 2 is 0.750 bits per heavy atom. The molecule has 0 radical (unpaired) electrons. The summed E-state index contributed by atoms with van der Waals surface area (Å²) >= 11 is 0. The van der Waals surface area contributed by atoms with Crippen molar-refractivity contribution < 1.29 is 0 Å². The minimum Gasteiger partial charge on any atom is -0.208 e. The monoisotopic (exact) mass is 561 g/mol. The van der Waals surface area contributed by atoms with Crippen molar-refractivity contribution in [1.82, 2.24) is 15.0 Å². The van der Waals surface area contributed by atoms with Crippen LogP contribution in [0.5, 0.6) is 0 Å². The molecule has 1 aromatic heterocycles. The van der Waals surface area contributed by atoms with Crippen LogP contribution in [0.1, 0.15) is 0 Å². The summed E-state index contributed by atoms with van der Waals surface area (Å²) in [7, 11) is 0. The Kier molecular flexibility index (Phi) is 6.47. The summed E-state index contributed by atoms with van der Waals surface area (Å²) in [5.41, 5.74) is 7.48. The van der Waals surface area contributed by atoms with Crippen molar-refractivity contribution in [2.24, 2.45) is 0 Å². The van der Waals surface area contributed by atoms with Gasteiger partial charge in [-0.2, -0.15) is 0 Å². The second-order valence-corrected chi connectivity index (χ2v) is 10.9. The molecule has 8 aromatic rings. The molecule has 8 rings (SSSR count). The minimum atomic E-state index is 0.645. The van der Waals surface area contributed by atoms with E-state index in [1.54, 1.807) is 0 Å². The predicted molar refractivity (Wildman–Crippen MR) is 182 cm³/mol. The van der Waals surface area contributed by atoms with Gasteiger partial charge in [0.25, 0.3) is 0 Å². The number of fused-ring (bicyclic) bond motifs is 3. The van der Waals surface area contributed by atoms with Gasteiger partial charge in [0.05, 0.1) is 0 Å². The highest BCUT2D eigenvalue weighted by atomic mass is 15.0. The van der Waals surface area contributed by atoms with E-state index in [1.165, 1.54) is 16.3 Å². The largest absolute Gasteiger partial charge is 0.208 e. The van der Waals surface area contributed by atoms with Crippen molar-refractivity contribution in [2.45, 2.75) is 0 Å². The molecule has 7 aromatic carbocycles. The average Bonchev–Trinajstić information content (AvgIpc) is 3.12. The Labute approximate surface area is 256 Å². The third-order valence-electron chi connectivity index (χ3n) is 8.12. The number of hydrogen-bond acceptors (Lipinski definition) is 3. The molecular formula is C41H27N3. The standard InChI is InChI=1S/C41H27N3/c1-3-12-28(13-4-1)30-22-24-31(25-23-30)39-42-40(34-18-11-17-32(26-34)29-14-5-2-6-15-29)44-41(43-39)38-27-33-16-7-8-19-35(33)36-20-9-10-21-37(36)38/h1-27H.